The number of hydrogen-bond acceptors (Lipinski definition) is 2. The topological polar surface area (TPSA) is 45.8 Å². The monoisotopic (exact) mass is 314 g/mol. The van der Waals surface area contributed by atoms with E-state index >= 15 is 0 Å². The highest BCUT2D eigenvalue weighted by atomic mass is 79.9. The number of fused-ring (bicyclic) bond motifs is 1. The van der Waals surface area contributed by atoms with Crippen molar-refractivity contribution in [3.63, 3.8) is 0 Å². The first-order valence-electron chi connectivity index (χ1n) is 5.95. The summed E-state index contributed by atoms with van der Waals surface area (Å²) in [5, 5.41) is 8.33. The zero-order valence-corrected chi connectivity index (χ0v) is 11.6. The lowest BCUT2D eigenvalue weighted by molar-refractivity contribution is 0.934. The van der Waals surface area contributed by atoms with Crippen LogP contribution in [0.4, 0.5) is 0 Å². The first-order chi connectivity index (χ1) is 9.24. The highest BCUT2D eigenvalue weighted by Crippen LogP contribution is 2.17. The van der Waals surface area contributed by atoms with Crippen molar-refractivity contribution in [1.82, 2.24) is 10.2 Å². The van der Waals surface area contributed by atoms with Crippen molar-refractivity contribution in [3.8, 4) is 0 Å². The summed E-state index contributed by atoms with van der Waals surface area (Å²) in [5.74, 6) is 0. The van der Waals surface area contributed by atoms with Crippen molar-refractivity contribution < 1.29 is 0 Å². The van der Waals surface area contributed by atoms with Gasteiger partial charge < -0.3 is 0 Å². The van der Waals surface area contributed by atoms with Crippen LogP contribution in [0.25, 0.3) is 10.8 Å². The molecule has 2 aromatic carbocycles. The van der Waals surface area contributed by atoms with Crippen LogP contribution in [0.5, 0.6) is 0 Å². The Morgan fingerprint density at radius 2 is 1.68 bits per heavy atom. The molecule has 0 unspecified atom stereocenters. The van der Waals surface area contributed by atoms with Gasteiger partial charge in [-0.1, -0.05) is 46.3 Å². The zero-order chi connectivity index (χ0) is 13.2. The first kappa shape index (κ1) is 12.1. The van der Waals surface area contributed by atoms with Gasteiger partial charge in [0, 0.05) is 16.3 Å². The Kier molecular flexibility index (Phi) is 3.17. The van der Waals surface area contributed by atoms with Gasteiger partial charge in [-0.15, -0.1) is 0 Å². The average Bonchev–Trinajstić information content (AvgIpc) is 2.45. The maximum atomic E-state index is 11.7. The third kappa shape index (κ3) is 2.44. The Hall–Kier alpha value is -1.94. The number of nitrogens with zero attached hydrogens (tertiary/aromatic N) is 1. The molecule has 0 amide bonds. The minimum absolute atomic E-state index is 0.143. The predicted molar refractivity (Wildman–Crippen MR) is 79.3 cm³/mol. The molecule has 0 spiro atoms. The SMILES string of the molecule is O=c1[nH]nc(Cc2ccc(Br)cc2)c2ccccc12. The lowest BCUT2D eigenvalue weighted by Crippen LogP contribution is -2.11. The molecule has 0 aliphatic rings. The molecule has 3 rings (SSSR count). The molecule has 1 aromatic heterocycles. The second kappa shape index (κ2) is 4.97. The van der Waals surface area contributed by atoms with Crippen LogP contribution in [0, 0.1) is 0 Å². The van der Waals surface area contributed by atoms with E-state index in [0.717, 1.165) is 21.1 Å². The molecule has 0 aliphatic carbocycles. The van der Waals surface area contributed by atoms with Crippen LogP contribution >= 0.6 is 15.9 Å². The molecule has 0 bridgehead atoms. The van der Waals surface area contributed by atoms with Crippen LogP contribution in [0.2, 0.25) is 0 Å². The molecule has 3 nitrogen and oxygen atoms in total. The average molecular weight is 315 g/mol. The number of benzene rings is 2. The van der Waals surface area contributed by atoms with Gasteiger partial charge in [0.2, 0.25) is 0 Å². The van der Waals surface area contributed by atoms with E-state index in [2.05, 4.69) is 26.1 Å². The standard InChI is InChI=1S/C15H11BrN2O/c16-11-7-5-10(6-8-11)9-14-12-3-1-2-4-13(12)15(19)18-17-14/h1-8H,9H2,(H,18,19). The summed E-state index contributed by atoms with van der Waals surface area (Å²) < 4.78 is 1.05. The highest BCUT2D eigenvalue weighted by molar-refractivity contribution is 9.10. The van der Waals surface area contributed by atoms with Crippen LogP contribution in [0.1, 0.15) is 11.3 Å². The summed E-state index contributed by atoms with van der Waals surface area (Å²) in [5.41, 5.74) is 1.90. The molecule has 94 valence electrons. The van der Waals surface area contributed by atoms with Crippen LogP contribution < -0.4 is 5.56 Å². The number of nitrogens with one attached hydrogen (secondary N) is 1. The van der Waals surface area contributed by atoms with Crippen molar-refractivity contribution >= 4 is 26.7 Å². The molecule has 4 heteroatoms. The lowest BCUT2D eigenvalue weighted by Gasteiger charge is -2.05. The van der Waals surface area contributed by atoms with Gasteiger partial charge in [0.05, 0.1) is 11.1 Å². The van der Waals surface area contributed by atoms with Gasteiger partial charge in [0.1, 0.15) is 0 Å². The van der Waals surface area contributed by atoms with Crippen LogP contribution in [-0.4, -0.2) is 10.2 Å². The second-order valence-electron chi connectivity index (χ2n) is 4.35. The second-order valence-corrected chi connectivity index (χ2v) is 5.26. The molecule has 0 atom stereocenters. The van der Waals surface area contributed by atoms with Crippen molar-refractivity contribution in [1.29, 1.82) is 0 Å². The maximum absolute atomic E-state index is 11.7. The number of aromatic nitrogens is 2. The number of hydrogen-bond donors (Lipinski definition) is 1. The van der Waals surface area contributed by atoms with Crippen LogP contribution in [0.3, 0.4) is 0 Å². The molecule has 0 saturated carbocycles. The van der Waals surface area contributed by atoms with Crippen molar-refractivity contribution in [3.05, 3.63) is 74.6 Å². The Morgan fingerprint density at radius 1 is 1.00 bits per heavy atom. The molecule has 19 heavy (non-hydrogen) atoms. The third-order valence-electron chi connectivity index (χ3n) is 3.06. The van der Waals surface area contributed by atoms with Gasteiger partial charge in [0.25, 0.3) is 5.56 Å². The van der Waals surface area contributed by atoms with Gasteiger partial charge in [-0.3, -0.25) is 4.79 Å². The predicted octanol–water partition coefficient (Wildman–Crippen LogP) is 3.28. The fraction of sp³-hybridized carbons (Fsp3) is 0.0667. The maximum Gasteiger partial charge on any atom is 0.272 e. The van der Waals surface area contributed by atoms with E-state index in [0.29, 0.717) is 11.8 Å². The number of halogens is 1. The zero-order valence-electron chi connectivity index (χ0n) is 10.1. The van der Waals surface area contributed by atoms with Crippen LogP contribution in [-0.2, 0) is 6.42 Å². The largest absolute Gasteiger partial charge is 0.272 e. The van der Waals surface area contributed by atoms with E-state index in [1.54, 1.807) is 0 Å². The minimum Gasteiger partial charge on any atom is -0.267 e. The number of aromatic amines is 1. The molecular weight excluding hydrogens is 304 g/mol. The summed E-state index contributed by atoms with van der Waals surface area (Å²) in [6, 6.07) is 15.6. The van der Waals surface area contributed by atoms with Crippen molar-refractivity contribution in [2.75, 3.05) is 0 Å². The smallest absolute Gasteiger partial charge is 0.267 e. The summed E-state index contributed by atoms with van der Waals surface area (Å²) in [4.78, 5) is 11.7. The first-order valence-corrected chi connectivity index (χ1v) is 6.74. The van der Waals surface area contributed by atoms with E-state index in [4.69, 9.17) is 0 Å². The Morgan fingerprint density at radius 3 is 2.42 bits per heavy atom. The number of rotatable bonds is 2. The van der Waals surface area contributed by atoms with E-state index in [1.807, 2.05) is 48.5 Å². The van der Waals surface area contributed by atoms with Crippen molar-refractivity contribution in [2.24, 2.45) is 0 Å². The number of H-pyrrole nitrogens is 1. The van der Waals surface area contributed by atoms with Crippen molar-refractivity contribution in [2.45, 2.75) is 6.42 Å². The summed E-state index contributed by atoms with van der Waals surface area (Å²) in [6.45, 7) is 0. The Bertz CT molecular complexity index is 778. The van der Waals surface area contributed by atoms with Gasteiger partial charge in [-0.25, -0.2) is 5.10 Å². The molecule has 0 radical (unpaired) electrons. The molecular formula is C15H11BrN2O. The highest BCUT2D eigenvalue weighted by Gasteiger charge is 2.06. The third-order valence-corrected chi connectivity index (χ3v) is 3.59. The molecule has 1 heterocycles. The normalized spacial score (nSPS) is 10.8. The Labute approximate surface area is 118 Å². The summed E-state index contributed by atoms with van der Waals surface area (Å²) in [6.07, 6.45) is 0.699. The molecule has 0 saturated heterocycles. The van der Waals surface area contributed by atoms with Gasteiger partial charge >= 0.3 is 0 Å². The quantitative estimate of drug-likeness (QED) is 0.789. The fourth-order valence-electron chi connectivity index (χ4n) is 2.10. The minimum atomic E-state index is -0.143. The van der Waals surface area contributed by atoms with E-state index in [-0.39, 0.29) is 5.56 Å². The van der Waals surface area contributed by atoms with Crippen LogP contribution in [0.15, 0.2) is 57.8 Å². The van der Waals surface area contributed by atoms with Gasteiger partial charge in [-0.05, 0) is 23.8 Å². The molecule has 3 aromatic rings. The van der Waals surface area contributed by atoms with Gasteiger partial charge in [-0.2, -0.15) is 5.10 Å². The Balaban J connectivity index is 2.08. The van der Waals surface area contributed by atoms with E-state index in [1.165, 1.54) is 0 Å². The molecule has 0 fully saturated rings. The molecule has 0 aliphatic heterocycles. The van der Waals surface area contributed by atoms with E-state index < -0.39 is 0 Å². The molecule has 1 N–H and O–H groups in total. The summed E-state index contributed by atoms with van der Waals surface area (Å²) in [7, 11) is 0. The van der Waals surface area contributed by atoms with E-state index in [9.17, 15) is 4.79 Å². The summed E-state index contributed by atoms with van der Waals surface area (Å²) >= 11 is 3.42. The lowest BCUT2D eigenvalue weighted by atomic mass is 10.0. The fourth-order valence-corrected chi connectivity index (χ4v) is 2.37. The van der Waals surface area contributed by atoms with Gasteiger partial charge in [0.15, 0.2) is 0 Å².